The minimum atomic E-state index is 0. The van der Waals surface area contributed by atoms with Gasteiger partial charge in [0.25, 0.3) is 0 Å². The van der Waals surface area contributed by atoms with E-state index in [-0.39, 0.29) is 38.7 Å². The van der Waals surface area contributed by atoms with E-state index in [4.69, 9.17) is 0 Å². The van der Waals surface area contributed by atoms with Gasteiger partial charge < -0.3 is 0 Å². The minimum Gasteiger partial charge on any atom is -0.210 e. The Morgan fingerprint density at radius 3 is 0.889 bits per heavy atom. The summed E-state index contributed by atoms with van der Waals surface area (Å²) in [5.41, 5.74) is 6.89. The van der Waals surface area contributed by atoms with Gasteiger partial charge in [-0.2, -0.15) is 46.5 Å². The predicted octanol–water partition coefficient (Wildman–Crippen LogP) is 8.00. The van der Waals surface area contributed by atoms with Crippen molar-refractivity contribution in [3.63, 3.8) is 0 Å². The van der Waals surface area contributed by atoms with Crippen LogP contribution in [0.2, 0.25) is 0 Å². The maximum Gasteiger partial charge on any atom is 0 e. The maximum absolute atomic E-state index is 2.33. The molecule has 0 bridgehead atoms. The Bertz CT molecular complexity index is 563. The molecule has 156 valence electrons. The Morgan fingerprint density at radius 2 is 0.778 bits per heavy atom. The van der Waals surface area contributed by atoms with Crippen molar-refractivity contribution in [2.75, 3.05) is 0 Å². The molecule has 0 saturated carbocycles. The van der Waals surface area contributed by atoms with E-state index in [9.17, 15) is 0 Å². The molecule has 0 N–H and O–H groups in total. The molecule has 0 saturated heterocycles. The van der Waals surface area contributed by atoms with Crippen LogP contribution in [0.3, 0.4) is 0 Å². The van der Waals surface area contributed by atoms with Gasteiger partial charge in [0.05, 0.1) is 0 Å². The quantitative estimate of drug-likeness (QED) is 0.305. The largest absolute Gasteiger partial charge is 0.210 e. The first-order valence-electron chi connectivity index (χ1n) is 9.98. The molecule has 2 aromatic carbocycles. The molecule has 0 aliphatic rings. The average Bonchev–Trinajstić information content (AvgIpc) is 3.06. The molecule has 0 fully saturated rings. The van der Waals surface area contributed by atoms with Crippen LogP contribution in [0.5, 0.6) is 0 Å². The van der Waals surface area contributed by atoms with Crippen LogP contribution in [0.15, 0.2) is 36.4 Å². The molecule has 1 heteroatoms. The van der Waals surface area contributed by atoms with Gasteiger partial charge in [0.2, 0.25) is 0 Å². The molecule has 0 aliphatic heterocycles. The van der Waals surface area contributed by atoms with Crippen molar-refractivity contribution < 1.29 is 17.1 Å². The van der Waals surface area contributed by atoms with Gasteiger partial charge in [-0.1, -0.05) is 105 Å². The molecule has 2 aromatic rings. The standard InChI is InChI=1S/2C13H21.Fe/c2*1-12(2,3)10-7-8-11(9-10)13(4,5)6;/h2*7-9H,1-6H3;/q2*-1;. The van der Waals surface area contributed by atoms with Crippen LogP contribution in [0.1, 0.15) is 105 Å². The van der Waals surface area contributed by atoms with Gasteiger partial charge in [0.15, 0.2) is 0 Å². The molecule has 0 unspecified atom stereocenters. The molecule has 0 nitrogen and oxygen atoms in total. The molecule has 0 amide bonds. The summed E-state index contributed by atoms with van der Waals surface area (Å²) in [6, 6.07) is 13.7. The monoisotopic (exact) mass is 410 g/mol. The summed E-state index contributed by atoms with van der Waals surface area (Å²) in [7, 11) is 0. The van der Waals surface area contributed by atoms with E-state index in [1.54, 1.807) is 0 Å². The van der Waals surface area contributed by atoms with Crippen LogP contribution in [-0.4, -0.2) is 0 Å². The summed E-state index contributed by atoms with van der Waals surface area (Å²) in [5, 5.41) is 0. The van der Waals surface area contributed by atoms with Gasteiger partial charge in [-0.25, -0.2) is 12.1 Å². The molecule has 0 aromatic heterocycles. The fourth-order valence-corrected chi connectivity index (χ4v) is 2.75. The Morgan fingerprint density at radius 1 is 0.519 bits per heavy atom. The first-order valence-corrected chi connectivity index (χ1v) is 9.98. The zero-order chi connectivity index (χ0) is 20.6. The second-order valence-corrected chi connectivity index (χ2v) is 11.8. The molecule has 0 atom stereocenters. The van der Waals surface area contributed by atoms with Gasteiger partial charge in [-0.3, -0.25) is 0 Å². The molecule has 0 heterocycles. The van der Waals surface area contributed by atoms with Gasteiger partial charge in [0.1, 0.15) is 0 Å². The molecule has 27 heavy (non-hydrogen) atoms. The summed E-state index contributed by atoms with van der Waals surface area (Å²) in [5.74, 6) is 0. The van der Waals surface area contributed by atoms with Crippen molar-refractivity contribution in [3.8, 4) is 0 Å². The Labute approximate surface area is 180 Å². The fraction of sp³-hybridized carbons (Fsp3) is 0.615. The third kappa shape index (κ3) is 8.00. The van der Waals surface area contributed by atoms with Gasteiger partial charge in [0, 0.05) is 17.1 Å². The van der Waals surface area contributed by atoms with Crippen LogP contribution in [-0.2, 0) is 38.7 Å². The Balaban J connectivity index is 0.000000483. The third-order valence-corrected chi connectivity index (χ3v) is 4.97. The number of hydrogen-bond acceptors (Lipinski definition) is 0. The number of rotatable bonds is 0. The summed E-state index contributed by atoms with van der Waals surface area (Å²) in [4.78, 5) is 0. The molecular weight excluding hydrogens is 368 g/mol. The van der Waals surface area contributed by atoms with E-state index < -0.39 is 0 Å². The SMILES string of the molecule is CC(C)(C)c1cc[c-](C(C)(C)C)c1.CC(C)(C)c1cc[c-](C(C)(C)C)c1.[Fe]. The van der Waals surface area contributed by atoms with Crippen molar-refractivity contribution in [2.24, 2.45) is 0 Å². The van der Waals surface area contributed by atoms with Crippen molar-refractivity contribution in [1.29, 1.82) is 0 Å². The van der Waals surface area contributed by atoms with Gasteiger partial charge in [-0.05, 0) is 0 Å². The Kier molecular flexibility index (Phi) is 8.46. The minimum absolute atomic E-state index is 0. The van der Waals surface area contributed by atoms with Crippen molar-refractivity contribution in [3.05, 3.63) is 58.7 Å². The van der Waals surface area contributed by atoms with Crippen LogP contribution in [0, 0.1) is 0 Å². The van der Waals surface area contributed by atoms with E-state index in [1.165, 1.54) is 22.3 Å². The van der Waals surface area contributed by atoms with Crippen molar-refractivity contribution in [2.45, 2.75) is 105 Å². The zero-order valence-electron chi connectivity index (χ0n) is 19.8. The molecular formula is C26H42Fe-2. The van der Waals surface area contributed by atoms with E-state index >= 15 is 0 Å². The fourth-order valence-electron chi connectivity index (χ4n) is 2.75. The topological polar surface area (TPSA) is 0 Å². The summed E-state index contributed by atoms with van der Waals surface area (Å²) >= 11 is 0. The second kappa shape index (κ2) is 8.71. The summed E-state index contributed by atoms with van der Waals surface area (Å²) in [6.45, 7) is 27.1. The molecule has 0 aliphatic carbocycles. The molecule has 0 spiro atoms. The smallest absolute Gasteiger partial charge is 0 e. The zero-order valence-corrected chi connectivity index (χ0v) is 20.9. The third-order valence-electron chi connectivity index (χ3n) is 4.97. The van der Waals surface area contributed by atoms with Crippen molar-refractivity contribution >= 4 is 0 Å². The second-order valence-electron chi connectivity index (χ2n) is 11.8. The summed E-state index contributed by atoms with van der Waals surface area (Å²) < 4.78 is 0. The summed E-state index contributed by atoms with van der Waals surface area (Å²) in [6.07, 6.45) is 0. The first-order chi connectivity index (χ1) is 11.4. The number of hydrogen-bond donors (Lipinski definition) is 0. The predicted molar refractivity (Wildman–Crippen MR) is 119 cm³/mol. The molecule has 2 rings (SSSR count). The van der Waals surface area contributed by atoms with E-state index in [2.05, 4.69) is 119 Å². The van der Waals surface area contributed by atoms with Crippen LogP contribution < -0.4 is 0 Å². The maximum atomic E-state index is 2.33. The van der Waals surface area contributed by atoms with Gasteiger partial charge in [-0.15, -0.1) is 0 Å². The van der Waals surface area contributed by atoms with Gasteiger partial charge >= 0.3 is 0 Å². The Hall–Kier alpha value is -0.781. The average molecular weight is 410 g/mol. The van der Waals surface area contributed by atoms with Crippen LogP contribution in [0.25, 0.3) is 0 Å². The van der Waals surface area contributed by atoms with Crippen LogP contribution in [0.4, 0.5) is 0 Å². The van der Waals surface area contributed by atoms with E-state index in [0.29, 0.717) is 0 Å². The normalized spacial score (nSPS) is 12.9. The van der Waals surface area contributed by atoms with E-state index in [0.717, 1.165) is 0 Å². The van der Waals surface area contributed by atoms with Crippen LogP contribution >= 0.6 is 0 Å². The van der Waals surface area contributed by atoms with E-state index in [1.807, 2.05) is 0 Å². The van der Waals surface area contributed by atoms with Crippen molar-refractivity contribution in [1.82, 2.24) is 0 Å². The first kappa shape index (κ1) is 26.2. The molecule has 0 radical (unpaired) electrons.